The topological polar surface area (TPSA) is 72.8 Å². The Morgan fingerprint density at radius 2 is 2.07 bits per heavy atom. The van der Waals surface area contributed by atoms with Crippen molar-refractivity contribution in [3.8, 4) is 0 Å². The number of hydrogen-bond donors (Lipinski definition) is 3. The van der Waals surface area contributed by atoms with Crippen molar-refractivity contribution in [2.24, 2.45) is 0 Å². The number of piperidine rings is 1. The Morgan fingerprint density at radius 3 is 2.57 bits per heavy atom. The van der Waals surface area contributed by atoms with Crippen LogP contribution in [0.2, 0.25) is 0 Å². The lowest BCUT2D eigenvalue weighted by atomic mass is 10.1. The molecule has 0 atom stereocenters. The van der Waals surface area contributed by atoms with E-state index in [0.717, 1.165) is 38.9 Å². The molecule has 1 aliphatic rings. The van der Waals surface area contributed by atoms with Crippen LogP contribution in [0.4, 0.5) is 4.79 Å². The standard InChI is InChI=1S/C9H18N2O3/c12-7-1-4-11-5-2-8(3-6-11)10-9(13)14/h8,10,12H,1-7H2,(H,13,14). The third-order valence-electron chi connectivity index (χ3n) is 2.55. The summed E-state index contributed by atoms with van der Waals surface area (Å²) >= 11 is 0. The van der Waals surface area contributed by atoms with E-state index in [0.29, 0.717) is 0 Å². The molecular weight excluding hydrogens is 184 g/mol. The maximum atomic E-state index is 10.4. The van der Waals surface area contributed by atoms with Gasteiger partial charge in [0.15, 0.2) is 0 Å². The minimum atomic E-state index is -0.932. The van der Waals surface area contributed by atoms with Crippen molar-refractivity contribution < 1.29 is 15.0 Å². The molecule has 0 aromatic heterocycles. The molecule has 3 N–H and O–H groups in total. The summed E-state index contributed by atoms with van der Waals surface area (Å²) in [6.45, 7) is 2.99. The highest BCUT2D eigenvalue weighted by Crippen LogP contribution is 2.10. The van der Waals surface area contributed by atoms with Gasteiger partial charge in [0.1, 0.15) is 0 Å². The first-order chi connectivity index (χ1) is 6.72. The maximum absolute atomic E-state index is 10.4. The molecule has 0 aliphatic carbocycles. The largest absolute Gasteiger partial charge is 0.465 e. The van der Waals surface area contributed by atoms with E-state index in [1.807, 2.05) is 0 Å². The van der Waals surface area contributed by atoms with E-state index >= 15 is 0 Å². The van der Waals surface area contributed by atoms with Crippen LogP contribution in [0.15, 0.2) is 0 Å². The molecule has 1 heterocycles. The average Bonchev–Trinajstić information content (AvgIpc) is 2.16. The smallest absolute Gasteiger partial charge is 0.404 e. The summed E-state index contributed by atoms with van der Waals surface area (Å²) in [4.78, 5) is 12.6. The van der Waals surface area contributed by atoms with E-state index < -0.39 is 6.09 Å². The molecule has 0 bridgehead atoms. The van der Waals surface area contributed by atoms with Gasteiger partial charge in [-0.15, -0.1) is 0 Å². The summed E-state index contributed by atoms with van der Waals surface area (Å²) in [6.07, 6.45) is 1.62. The molecule has 5 nitrogen and oxygen atoms in total. The molecular formula is C9H18N2O3. The fourth-order valence-corrected chi connectivity index (χ4v) is 1.77. The molecule has 0 saturated carbocycles. The summed E-state index contributed by atoms with van der Waals surface area (Å²) < 4.78 is 0. The predicted molar refractivity (Wildman–Crippen MR) is 52.3 cm³/mol. The van der Waals surface area contributed by atoms with Crippen LogP contribution in [-0.2, 0) is 0 Å². The zero-order valence-electron chi connectivity index (χ0n) is 8.28. The highest BCUT2D eigenvalue weighted by atomic mass is 16.4. The van der Waals surface area contributed by atoms with Crippen molar-refractivity contribution in [3.05, 3.63) is 0 Å². The quantitative estimate of drug-likeness (QED) is 0.604. The fourth-order valence-electron chi connectivity index (χ4n) is 1.77. The van der Waals surface area contributed by atoms with Gasteiger partial charge >= 0.3 is 6.09 Å². The van der Waals surface area contributed by atoms with Gasteiger partial charge in [-0.3, -0.25) is 0 Å². The first-order valence-electron chi connectivity index (χ1n) is 5.05. The van der Waals surface area contributed by atoms with Gasteiger partial charge in [0.25, 0.3) is 0 Å². The normalized spacial score (nSPS) is 19.5. The molecule has 1 saturated heterocycles. The Kier molecular flexibility index (Phi) is 4.69. The number of rotatable bonds is 4. The lowest BCUT2D eigenvalue weighted by molar-refractivity contribution is 0.161. The first-order valence-corrected chi connectivity index (χ1v) is 5.05. The second-order valence-corrected chi connectivity index (χ2v) is 3.64. The van der Waals surface area contributed by atoms with Crippen LogP contribution in [0.25, 0.3) is 0 Å². The van der Waals surface area contributed by atoms with Crippen LogP contribution in [0.5, 0.6) is 0 Å². The Labute approximate surface area is 83.7 Å². The third kappa shape index (κ3) is 3.93. The summed E-state index contributed by atoms with van der Waals surface area (Å²) in [5, 5.41) is 19.7. The Morgan fingerprint density at radius 1 is 1.43 bits per heavy atom. The van der Waals surface area contributed by atoms with Gasteiger partial charge in [0.2, 0.25) is 0 Å². The molecule has 1 amide bonds. The van der Waals surface area contributed by atoms with E-state index in [1.54, 1.807) is 0 Å². The fraction of sp³-hybridized carbons (Fsp3) is 0.889. The Bertz CT molecular complexity index is 179. The number of aliphatic hydroxyl groups excluding tert-OH is 1. The molecule has 0 unspecified atom stereocenters. The molecule has 82 valence electrons. The highest BCUT2D eigenvalue weighted by Gasteiger charge is 2.19. The first kappa shape index (κ1) is 11.3. The molecule has 0 spiro atoms. The lowest BCUT2D eigenvalue weighted by Crippen LogP contribution is -2.44. The highest BCUT2D eigenvalue weighted by molar-refractivity contribution is 5.64. The van der Waals surface area contributed by atoms with Gasteiger partial charge in [-0.1, -0.05) is 0 Å². The number of nitrogens with zero attached hydrogens (tertiary/aromatic N) is 1. The van der Waals surface area contributed by atoms with Crippen molar-refractivity contribution in [1.29, 1.82) is 0 Å². The Hall–Kier alpha value is -0.810. The van der Waals surface area contributed by atoms with E-state index in [4.69, 9.17) is 10.2 Å². The van der Waals surface area contributed by atoms with Gasteiger partial charge in [-0.05, 0) is 19.3 Å². The number of amides is 1. The van der Waals surface area contributed by atoms with E-state index in [9.17, 15) is 4.79 Å². The van der Waals surface area contributed by atoms with Crippen LogP contribution in [-0.4, -0.2) is 53.5 Å². The molecule has 5 heteroatoms. The summed E-state index contributed by atoms with van der Waals surface area (Å²) in [7, 11) is 0. The van der Waals surface area contributed by atoms with Crippen LogP contribution in [0.3, 0.4) is 0 Å². The van der Waals surface area contributed by atoms with Gasteiger partial charge in [0, 0.05) is 32.3 Å². The number of nitrogens with one attached hydrogen (secondary N) is 1. The average molecular weight is 202 g/mol. The van der Waals surface area contributed by atoms with Crippen LogP contribution < -0.4 is 5.32 Å². The minimum Gasteiger partial charge on any atom is -0.465 e. The summed E-state index contributed by atoms with van der Waals surface area (Å²) in [6, 6.07) is 0.109. The van der Waals surface area contributed by atoms with Crippen LogP contribution in [0.1, 0.15) is 19.3 Å². The zero-order chi connectivity index (χ0) is 10.4. The van der Waals surface area contributed by atoms with Crippen molar-refractivity contribution in [2.75, 3.05) is 26.2 Å². The molecule has 0 aromatic carbocycles. The van der Waals surface area contributed by atoms with Crippen LogP contribution >= 0.6 is 0 Å². The van der Waals surface area contributed by atoms with E-state index in [1.165, 1.54) is 0 Å². The molecule has 14 heavy (non-hydrogen) atoms. The van der Waals surface area contributed by atoms with Crippen molar-refractivity contribution >= 4 is 6.09 Å². The second kappa shape index (κ2) is 5.82. The second-order valence-electron chi connectivity index (χ2n) is 3.64. The third-order valence-corrected chi connectivity index (χ3v) is 2.55. The van der Waals surface area contributed by atoms with Crippen LogP contribution in [0, 0.1) is 0 Å². The van der Waals surface area contributed by atoms with Crippen molar-refractivity contribution in [1.82, 2.24) is 10.2 Å². The van der Waals surface area contributed by atoms with Gasteiger partial charge in [-0.25, -0.2) is 4.79 Å². The van der Waals surface area contributed by atoms with E-state index in [2.05, 4.69) is 10.2 Å². The van der Waals surface area contributed by atoms with Gasteiger partial charge in [0.05, 0.1) is 0 Å². The van der Waals surface area contributed by atoms with Gasteiger partial charge < -0.3 is 20.4 Å². The predicted octanol–water partition coefficient (Wildman–Crippen LogP) is 0.101. The molecule has 0 radical (unpaired) electrons. The van der Waals surface area contributed by atoms with E-state index in [-0.39, 0.29) is 12.6 Å². The van der Waals surface area contributed by atoms with Crippen molar-refractivity contribution in [3.63, 3.8) is 0 Å². The minimum absolute atomic E-state index is 0.109. The summed E-state index contributed by atoms with van der Waals surface area (Å²) in [5.74, 6) is 0. The molecule has 1 aliphatic heterocycles. The number of aliphatic hydroxyl groups is 1. The molecule has 1 rings (SSSR count). The number of carbonyl (C=O) groups is 1. The summed E-state index contributed by atoms with van der Waals surface area (Å²) in [5.41, 5.74) is 0. The Balaban J connectivity index is 2.14. The number of likely N-dealkylation sites (tertiary alicyclic amines) is 1. The molecule has 0 aromatic rings. The van der Waals surface area contributed by atoms with Crippen molar-refractivity contribution in [2.45, 2.75) is 25.3 Å². The zero-order valence-corrected chi connectivity index (χ0v) is 8.28. The lowest BCUT2D eigenvalue weighted by Gasteiger charge is -2.31. The molecule has 1 fully saturated rings. The number of carboxylic acid groups (broad SMARTS) is 1. The van der Waals surface area contributed by atoms with Gasteiger partial charge in [-0.2, -0.15) is 0 Å². The number of hydrogen-bond acceptors (Lipinski definition) is 3. The SMILES string of the molecule is O=C(O)NC1CCN(CCCO)CC1. The maximum Gasteiger partial charge on any atom is 0.404 e. The monoisotopic (exact) mass is 202 g/mol.